The molecule has 2 aromatic rings. The highest BCUT2D eigenvalue weighted by molar-refractivity contribution is 5.91. The minimum Gasteiger partial charge on any atom is -0.497 e. The molecule has 0 saturated heterocycles. The van der Waals surface area contributed by atoms with Gasteiger partial charge in [-0.3, -0.25) is 0 Å². The predicted octanol–water partition coefficient (Wildman–Crippen LogP) is 2.13. The number of hydrogen-bond donors (Lipinski definition) is 1. The van der Waals surface area contributed by atoms with E-state index in [-0.39, 0.29) is 24.7 Å². The molecule has 122 valence electrons. The van der Waals surface area contributed by atoms with Gasteiger partial charge in [-0.05, 0) is 38.1 Å². The third-order valence-electron chi connectivity index (χ3n) is 3.10. The van der Waals surface area contributed by atoms with E-state index in [1.54, 1.807) is 45.2 Å². The van der Waals surface area contributed by atoms with Crippen LogP contribution in [0.2, 0.25) is 0 Å². The van der Waals surface area contributed by atoms with Crippen LogP contribution in [0.25, 0.3) is 0 Å². The third-order valence-corrected chi connectivity index (χ3v) is 3.10. The SMILES string of the molecule is CCOC(=O)c1c(C)nc(N)nc1COc1ccc(OC)cc1. The zero-order valence-corrected chi connectivity index (χ0v) is 13.3. The van der Waals surface area contributed by atoms with Gasteiger partial charge in [0.2, 0.25) is 5.95 Å². The lowest BCUT2D eigenvalue weighted by molar-refractivity contribution is 0.0521. The number of anilines is 1. The van der Waals surface area contributed by atoms with E-state index in [1.165, 1.54) is 0 Å². The van der Waals surface area contributed by atoms with Crippen molar-refractivity contribution in [1.82, 2.24) is 9.97 Å². The van der Waals surface area contributed by atoms with Crippen LogP contribution in [0.5, 0.6) is 11.5 Å². The fourth-order valence-corrected chi connectivity index (χ4v) is 2.05. The molecule has 0 bridgehead atoms. The Morgan fingerprint density at radius 1 is 1.17 bits per heavy atom. The maximum absolute atomic E-state index is 12.1. The van der Waals surface area contributed by atoms with Crippen molar-refractivity contribution >= 4 is 11.9 Å². The smallest absolute Gasteiger partial charge is 0.341 e. The molecule has 0 aliphatic carbocycles. The molecule has 1 heterocycles. The molecule has 2 rings (SSSR count). The van der Waals surface area contributed by atoms with E-state index in [9.17, 15) is 4.79 Å². The number of rotatable bonds is 6. The van der Waals surface area contributed by atoms with Gasteiger partial charge in [0.05, 0.1) is 25.1 Å². The molecule has 0 saturated carbocycles. The predicted molar refractivity (Wildman–Crippen MR) is 84.5 cm³/mol. The largest absolute Gasteiger partial charge is 0.497 e. The number of benzene rings is 1. The first-order valence-corrected chi connectivity index (χ1v) is 7.12. The average Bonchev–Trinajstić information content (AvgIpc) is 2.53. The van der Waals surface area contributed by atoms with Crippen molar-refractivity contribution in [3.8, 4) is 11.5 Å². The Kier molecular flexibility index (Phi) is 5.35. The second-order valence-corrected chi connectivity index (χ2v) is 4.67. The summed E-state index contributed by atoms with van der Waals surface area (Å²) in [6.07, 6.45) is 0. The fourth-order valence-electron chi connectivity index (χ4n) is 2.05. The van der Waals surface area contributed by atoms with Gasteiger partial charge >= 0.3 is 5.97 Å². The van der Waals surface area contributed by atoms with Crippen LogP contribution in [-0.2, 0) is 11.3 Å². The minimum absolute atomic E-state index is 0.0774. The number of carbonyl (C=O) groups excluding carboxylic acids is 1. The van der Waals surface area contributed by atoms with Crippen LogP contribution in [0.15, 0.2) is 24.3 Å². The third kappa shape index (κ3) is 4.09. The summed E-state index contributed by atoms with van der Waals surface area (Å²) in [6.45, 7) is 3.76. The van der Waals surface area contributed by atoms with Gasteiger partial charge in [-0.15, -0.1) is 0 Å². The Hall–Kier alpha value is -2.83. The van der Waals surface area contributed by atoms with Crippen LogP contribution in [0.4, 0.5) is 5.95 Å². The van der Waals surface area contributed by atoms with Crippen LogP contribution in [0.1, 0.15) is 28.7 Å². The summed E-state index contributed by atoms with van der Waals surface area (Å²) in [7, 11) is 1.59. The molecule has 0 atom stereocenters. The highest BCUT2D eigenvalue weighted by atomic mass is 16.5. The normalized spacial score (nSPS) is 10.2. The van der Waals surface area contributed by atoms with Crippen molar-refractivity contribution in [2.24, 2.45) is 0 Å². The van der Waals surface area contributed by atoms with Crippen LogP contribution >= 0.6 is 0 Å². The number of nitrogens with two attached hydrogens (primary N) is 1. The topological polar surface area (TPSA) is 96.6 Å². The van der Waals surface area contributed by atoms with Crippen LogP contribution in [0.3, 0.4) is 0 Å². The molecule has 2 N–H and O–H groups in total. The molecule has 7 heteroatoms. The van der Waals surface area contributed by atoms with Crippen LogP contribution in [-0.4, -0.2) is 29.7 Å². The van der Waals surface area contributed by atoms with E-state index in [0.717, 1.165) is 5.75 Å². The van der Waals surface area contributed by atoms with Crippen molar-refractivity contribution in [1.29, 1.82) is 0 Å². The molecule has 0 unspecified atom stereocenters. The lowest BCUT2D eigenvalue weighted by Gasteiger charge is -2.12. The Balaban J connectivity index is 2.22. The van der Waals surface area contributed by atoms with Gasteiger partial charge in [0.15, 0.2) is 0 Å². The van der Waals surface area contributed by atoms with Gasteiger partial charge in [0.25, 0.3) is 0 Å². The number of hydrogen-bond acceptors (Lipinski definition) is 7. The van der Waals surface area contributed by atoms with Crippen molar-refractivity contribution in [3.63, 3.8) is 0 Å². The second-order valence-electron chi connectivity index (χ2n) is 4.67. The molecule has 1 aromatic carbocycles. The zero-order chi connectivity index (χ0) is 16.8. The molecule has 1 aromatic heterocycles. The lowest BCUT2D eigenvalue weighted by Crippen LogP contribution is -2.16. The molecule has 0 radical (unpaired) electrons. The van der Waals surface area contributed by atoms with Gasteiger partial charge in [0.1, 0.15) is 23.7 Å². The number of ether oxygens (including phenoxy) is 3. The molecule has 23 heavy (non-hydrogen) atoms. The standard InChI is InChI=1S/C16H19N3O4/c1-4-22-15(20)14-10(2)18-16(17)19-13(14)9-23-12-7-5-11(21-3)6-8-12/h5-8H,4,9H2,1-3H3,(H2,17,18,19). The quantitative estimate of drug-likeness (QED) is 0.815. The van der Waals surface area contributed by atoms with Crippen molar-refractivity contribution in [2.75, 3.05) is 19.5 Å². The van der Waals surface area contributed by atoms with E-state index >= 15 is 0 Å². The summed E-state index contributed by atoms with van der Waals surface area (Å²) in [5.74, 6) is 0.948. The second kappa shape index (κ2) is 7.44. The average molecular weight is 317 g/mol. The van der Waals surface area contributed by atoms with Crippen LogP contribution < -0.4 is 15.2 Å². The fraction of sp³-hybridized carbons (Fsp3) is 0.312. The Morgan fingerprint density at radius 2 is 1.83 bits per heavy atom. The summed E-state index contributed by atoms with van der Waals surface area (Å²) >= 11 is 0. The van der Waals surface area contributed by atoms with Gasteiger partial charge in [-0.1, -0.05) is 0 Å². The van der Waals surface area contributed by atoms with Gasteiger partial charge in [-0.25, -0.2) is 14.8 Å². The molecule has 7 nitrogen and oxygen atoms in total. The van der Waals surface area contributed by atoms with Crippen molar-refractivity contribution in [2.45, 2.75) is 20.5 Å². The summed E-state index contributed by atoms with van der Waals surface area (Å²) in [5.41, 5.74) is 6.80. The summed E-state index contributed by atoms with van der Waals surface area (Å²) in [6, 6.07) is 7.09. The molecule has 0 aliphatic heterocycles. The molecule has 0 fully saturated rings. The Morgan fingerprint density at radius 3 is 2.43 bits per heavy atom. The van der Waals surface area contributed by atoms with Crippen LogP contribution in [0, 0.1) is 6.92 Å². The molecule has 0 spiro atoms. The zero-order valence-electron chi connectivity index (χ0n) is 13.3. The summed E-state index contributed by atoms with van der Waals surface area (Å²) in [4.78, 5) is 20.2. The number of nitrogens with zero attached hydrogens (tertiary/aromatic N) is 2. The van der Waals surface area contributed by atoms with Gasteiger partial charge in [-0.2, -0.15) is 0 Å². The van der Waals surface area contributed by atoms with Gasteiger partial charge < -0.3 is 19.9 Å². The first-order chi connectivity index (χ1) is 11.0. The van der Waals surface area contributed by atoms with E-state index in [1.807, 2.05) is 0 Å². The number of nitrogen functional groups attached to an aromatic ring is 1. The van der Waals surface area contributed by atoms with E-state index in [4.69, 9.17) is 19.9 Å². The molecule has 0 aliphatic rings. The molecule has 0 amide bonds. The lowest BCUT2D eigenvalue weighted by atomic mass is 10.1. The highest BCUT2D eigenvalue weighted by Gasteiger charge is 2.19. The highest BCUT2D eigenvalue weighted by Crippen LogP contribution is 2.20. The maximum atomic E-state index is 12.1. The number of carbonyl (C=O) groups is 1. The number of aryl methyl sites for hydroxylation is 1. The van der Waals surface area contributed by atoms with Crippen molar-refractivity contribution in [3.05, 3.63) is 41.2 Å². The number of aromatic nitrogens is 2. The van der Waals surface area contributed by atoms with Crippen molar-refractivity contribution < 1.29 is 19.0 Å². The minimum atomic E-state index is -0.488. The first kappa shape index (κ1) is 16.5. The molecular formula is C16H19N3O4. The van der Waals surface area contributed by atoms with E-state index in [0.29, 0.717) is 17.1 Å². The van der Waals surface area contributed by atoms with E-state index in [2.05, 4.69) is 9.97 Å². The van der Waals surface area contributed by atoms with E-state index < -0.39 is 5.97 Å². The number of methoxy groups -OCH3 is 1. The molecular weight excluding hydrogens is 298 g/mol. The summed E-state index contributed by atoms with van der Waals surface area (Å²) in [5, 5.41) is 0. The monoisotopic (exact) mass is 317 g/mol. The maximum Gasteiger partial charge on any atom is 0.341 e. The number of esters is 1. The Labute approximate surface area is 134 Å². The first-order valence-electron chi connectivity index (χ1n) is 7.12. The Bertz CT molecular complexity index is 686. The van der Waals surface area contributed by atoms with Gasteiger partial charge in [0, 0.05) is 0 Å². The summed E-state index contributed by atoms with van der Waals surface area (Å²) < 4.78 is 15.8.